The molecule has 0 bridgehead atoms. The Morgan fingerprint density at radius 3 is 2.42 bits per heavy atom. The number of nitrogen functional groups attached to an aromatic ring is 1. The maximum Gasteiger partial charge on any atom is 0.416 e. The van der Waals surface area contributed by atoms with Crippen LogP contribution in [0.15, 0.2) is 12.1 Å². The monoisotopic (exact) mass is 278 g/mol. The van der Waals surface area contributed by atoms with E-state index < -0.39 is 17.3 Å². The lowest BCUT2D eigenvalue weighted by molar-refractivity contribution is -0.137. The normalized spacial score (nSPS) is 12.5. The molecule has 0 saturated heterocycles. The summed E-state index contributed by atoms with van der Waals surface area (Å²) in [5.41, 5.74) is 4.04. The number of alkyl halides is 3. The molecule has 0 unspecified atom stereocenters. The Labute approximate surface area is 109 Å². The van der Waals surface area contributed by atoms with Crippen molar-refractivity contribution in [1.29, 1.82) is 0 Å². The zero-order valence-corrected chi connectivity index (χ0v) is 11.0. The number of ether oxygens (including phenoxy) is 2. The van der Waals surface area contributed by atoms with Crippen molar-refractivity contribution in [2.45, 2.75) is 32.0 Å². The van der Waals surface area contributed by atoms with Crippen LogP contribution in [0.2, 0.25) is 0 Å². The zero-order valence-electron chi connectivity index (χ0n) is 11.0. The highest BCUT2D eigenvalue weighted by Gasteiger charge is 2.31. The molecule has 4 nitrogen and oxygen atoms in total. The number of hydrogen-bond donors (Lipinski definition) is 1. The molecule has 7 heteroatoms. The lowest BCUT2D eigenvalue weighted by Crippen LogP contribution is -2.25. The van der Waals surface area contributed by atoms with Gasteiger partial charge in [0.05, 0.1) is 17.8 Å². The summed E-state index contributed by atoms with van der Waals surface area (Å²) in [6, 6.07) is 1.60. The third-order valence-corrected chi connectivity index (χ3v) is 2.66. The van der Waals surface area contributed by atoms with E-state index >= 15 is 0 Å². The van der Waals surface area contributed by atoms with Gasteiger partial charge in [-0.05, 0) is 19.9 Å². The van der Waals surface area contributed by atoms with Gasteiger partial charge in [0.2, 0.25) is 5.88 Å². The van der Waals surface area contributed by atoms with Gasteiger partial charge in [0, 0.05) is 19.6 Å². The van der Waals surface area contributed by atoms with Gasteiger partial charge in [-0.1, -0.05) is 0 Å². The van der Waals surface area contributed by atoms with Crippen LogP contribution in [0, 0.1) is 0 Å². The van der Waals surface area contributed by atoms with E-state index in [4.69, 9.17) is 15.2 Å². The fourth-order valence-electron chi connectivity index (χ4n) is 1.27. The van der Waals surface area contributed by atoms with Gasteiger partial charge in [-0.3, -0.25) is 0 Å². The molecule has 1 heterocycles. The first-order chi connectivity index (χ1) is 8.64. The molecule has 0 aliphatic carbocycles. The predicted molar refractivity (Wildman–Crippen MR) is 64.9 cm³/mol. The summed E-state index contributed by atoms with van der Waals surface area (Å²) in [7, 11) is 1.56. The standard InChI is InChI=1S/C12H17F3N2O2/c1-11(2,18-3)4-5-19-10-7-8(12(13,14)15)6-9(16)17-10/h6-7H,4-5H2,1-3H3,(H2,16,17). The second kappa shape index (κ2) is 5.64. The van der Waals surface area contributed by atoms with Gasteiger partial charge in [-0.15, -0.1) is 0 Å². The molecule has 0 amide bonds. The van der Waals surface area contributed by atoms with Gasteiger partial charge < -0.3 is 15.2 Å². The van der Waals surface area contributed by atoms with E-state index in [1.807, 2.05) is 13.8 Å². The predicted octanol–water partition coefficient (Wildman–Crippen LogP) is 2.88. The summed E-state index contributed by atoms with van der Waals surface area (Å²) in [5, 5.41) is 0. The van der Waals surface area contributed by atoms with E-state index in [0.717, 1.165) is 12.1 Å². The molecule has 0 aliphatic heterocycles. The molecule has 1 aromatic heterocycles. The van der Waals surface area contributed by atoms with Crippen molar-refractivity contribution in [1.82, 2.24) is 4.98 Å². The summed E-state index contributed by atoms with van der Waals surface area (Å²) in [6.07, 6.45) is -3.96. The number of rotatable bonds is 5. The second-order valence-electron chi connectivity index (χ2n) is 4.68. The zero-order chi connectivity index (χ0) is 14.7. The SMILES string of the molecule is COC(C)(C)CCOc1cc(C(F)(F)F)cc(N)n1. The quantitative estimate of drug-likeness (QED) is 0.899. The van der Waals surface area contributed by atoms with Crippen molar-refractivity contribution in [2.75, 3.05) is 19.5 Å². The topological polar surface area (TPSA) is 57.4 Å². The number of nitrogens with zero attached hydrogens (tertiary/aromatic N) is 1. The average molecular weight is 278 g/mol. The highest BCUT2D eigenvalue weighted by Crippen LogP contribution is 2.32. The molecule has 1 rings (SSSR count). The van der Waals surface area contributed by atoms with Crippen LogP contribution in [-0.2, 0) is 10.9 Å². The van der Waals surface area contributed by atoms with Gasteiger partial charge in [-0.2, -0.15) is 18.2 Å². The second-order valence-corrected chi connectivity index (χ2v) is 4.68. The van der Waals surface area contributed by atoms with Crippen molar-refractivity contribution in [3.63, 3.8) is 0 Å². The fourth-order valence-corrected chi connectivity index (χ4v) is 1.27. The molecule has 0 fully saturated rings. The molecular formula is C12H17F3N2O2. The molecule has 2 N–H and O–H groups in total. The molecule has 0 aromatic carbocycles. The Balaban J connectivity index is 2.72. The van der Waals surface area contributed by atoms with Crippen LogP contribution >= 0.6 is 0 Å². The summed E-state index contributed by atoms with van der Waals surface area (Å²) < 4.78 is 48.0. The molecule has 1 aromatic rings. The Kier molecular flexibility index (Phi) is 4.62. The van der Waals surface area contributed by atoms with Crippen LogP contribution in [0.3, 0.4) is 0 Å². The molecule has 0 radical (unpaired) electrons. The van der Waals surface area contributed by atoms with Crippen molar-refractivity contribution in [3.8, 4) is 5.88 Å². The molecule has 0 aliphatic rings. The molecule has 0 atom stereocenters. The Morgan fingerprint density at radius 2 is 1.89 bits per heavy atom. The van der Waals surface area contributed by atoms with E-state index in [1.165, 1.54) is 0 Å². The lowest BCUT2D eigenvalue weighted by Gasteiger charge is -2.22. The molecular weight excluding hydrogens is 261 g/mol. The number of anilines is 1. The van der Waals surface area contributed by atoms with Crippen LogP contribution in [0.5, 0.6) is 5.88 Å². The van der Waals surface area contributed by atoms with E-state index in [9.17, 15) is 13.2 Å². The van der Waals surface area contributed by atoms with E-state index in [1.54, 1.807) is 7.11 Å². The highest BCUT2D eigenvalue weighted by atomic mass is 19.4. The van der Waals surface area contributed by atoms with Gasteiger partial charge in [0.15, 0.2) is 0 Å². The largest absolute Gasteiger partial charge is 0.477 e. The summed E-state index contributed by atoms with van der Waals surface area (Å²) in [5.74, 6) is -0.366. The first-order valence-electron chi connectivity index (χ1n) is 5.67. The first kappa shape index (κ1) is 15.6. The van der Waals surface area contributed by atoms with Crippen LogP contribution < -0.4 is 10.5 Å². The van der Waals surface area contributed by atoms with Crippen LogP contribution in [-0.4, -0.2) is 24.3 Å². The minimum absolute atomic E-state index is 0.140. The summed E-state index contributed by atoms with van der Waals surface area (Å²) in [4.78, 5) is 3.71. The Bertz CT molecular complexity index is 433. The average Bonchev–Trinajstić information content (AvgIpc) is 2.27. The Hall–Kier alpha value is -1.50. The van der Waals surface area contributed by atoms with Gasteiger partial charge in [0.25, 0.3) is 0 Å². The van der Waals surface area contributed by atoms with Crippen molar-refractivity contribution >= 4 is 5.82 Å². The maximum atomic E-state index is 12.6. The third kappa shape index (κ3) is 4.94. The number of pyridine rings is 1. The minimum atomic E-state index is -4.47. The number of methoxy groups -OCH3 is 1. The lowest BCUT2D eigenvalue weighted by atomic mass is 10.1. The summed E-state index contributed by atoms with van der Waals surface area (Å²) >= 11 is 0. The molecule has 108 valence electrons. The van der Waals surface area contributed by atoms with Crippen LogP contribution in [0.25, 0.3) is 0 Å². The maximum absolute atomic E-state index is 12.6. The van der Waals surface area contributed by atoms with Crippen molar-refractivity contribution < 1.29 is 22.6 Å². The third-order valence-electron chi connectivity index (χ3n) is 2.66. The van der Waals surface area contributed by atoms with Gasteiger partial charge in [0.1, 0.15) is 5.82 Å². The smallest absolute Gasteiger partial charge is 0.416 e. The Morgan fingerprint density at radius 1 is 1.26 bits per heavy atom. The number of nitrogens with two attached hydrogens (primary N) is 1. The first-order valence-corrected chi connectivity index (χ1v) is 5.67. The van der Waals surface area contributed by atoms with E-state index in [2.05, 4.69) is 4.98 Å². The van der Waals surface area contributed by atoms with Crippen LogP contribution in [0.1, 0.15) is 25.8 Å². The van der Waals surface area contributed by atoms with Gasteiger partial charge in [-0.25, -0.2) is 0 Å². The molecule has 0 spiro atoms. The van der Waals surface area contributed by atoms with Gasteiger partial charge >= 0.3 is 6.18 Å². The van der Waals surface area contributed by atoms with Crippen LogP contribution in [0.4, 0.5) is 19.0 Å². The molecule has 0 saturated carbocycles. The minimum Gasteiger partial charge on any atom is -0.477 e. The van der Waals surface area contributed by atoms with E-state index in [-0.39, 0.29) is 18.3 Å². The number of aromatic nitrogens is 1. The van der Waals surface area contributed by atoms with Crippen molar-refractivity contribution in [3.05, 3.63) is 17.7 Å². The number of hydrogen-bond acceptors (Lipinski definition) is 4. The fraction of sp³-hybridized carbons (Fsp3) is 0.583. The highest BCUT2D eigenvalue weighted by molar-refractivity contribution is 5.38. The number of halogens is 3. The molecule has 19 heavy (non-hydrogen) atoms. The summed E-state index contributed by atoms with van der Waals surface area (Å²) in [6.45, 7) is 3.89. The van der Waals surface area contributed by atoms with E-state index in [0.29, 0.717) is 6.42 Å². The van der Waals surface area contributed by atoms with Crippen molar-refractivity contribution in [2.24, 2.45) is 0 Å².